The van der Waals surface area contributed by atoms with E-state index in [1.165, 1.54) is 0 Å². The molecule has 1 aliphatic rings. The Bertz CT molecular complexity index is 651. The van der Waals surface area contributed by atoms with E-state index in [1.807, 2.05) is 13.0 Å². The lowest BCUT2D eigenvalue weighted by molar-refractivity contribution is 0.100. The fourth-order valence-corrected chi connectivity index (χ4v) is 2.62. The van der Waals surface area contributed by atoms with Crippen LogP contribution in [0.15, 0.2) is 18.2 Å². The Morgan fingerprint density at radius 1 is 1.58 bits per heavy atom. The highest BCUT2D eigenvalue weighted by Crippen LogP contribution is 2.32. The first kappa shape index (κ1) is 12.1. The fraction of sp³-hybridized carbons (Fsp3) is 0.385. The molecule has 1 saturated heterocycles. The van der Waals surface area contributed by atoms with Gasteiger partial charge in [0.15, 0.2) is 0 Å². The number of amides is 1. The van der Waals surface area contributed by atoms with Gasteiger partial charge in [0.05, 0.1) is 16.6 Å². The minimum Gasteiger partial charge on any atom is -0.379 e. The van der Waals surface area contributed by atoms with Crippen LogP contribution >= 0.6 is 0 Å². The van der Waals surface area contributed by atoms with E-state index in [0.29, 0.717) is 23.3 Å². The number of hydrogen-bond donors (Lipinski definition) is 4. The summed E-state index contributed by atoms with van der Waals surface area (Å²) in [6.45, 7) is 1.98. The van der Waals surface area contributed by atoms with E-state index >= 15 is 0 Å². The number of aliphatic hydroxyl groups is 1. The summed E-state index contributed by atoms with van der Waals surface area (Å²) in [6.07, 6.45) is 0.935. The monoisotopic (exact) mass is 260 g/mol. The molecule has 2 aromatic rings. The van der Waals surface area contributed by atoms with Gasteiger partial charge in [0, 0.05) is 0 Å². The first-order valence-electron chi connectivity index (χ1n) is 6.24. The molecular formula is C13H16N4O2. The van der Waals surface area contributed by atoms with Crippen molar-refractivity contribution in [3.05, 3.63) is 29.6 Å². The number of primary amides is 1. The molecule has 1 fully saturated rings. The number of benzene rings is 1. The highest BCUT2D eigenvalue weighted by atomic mass is 16.3. The number of fused-ring (bicyclic) bond motifs is 1. The predicted molar refractivity (Wildman–Crippen MR) is 70.3 cm³/mol. The summed E-state index contributed by atoms with van der Waals surface area (Å²) in [5.74, 6) is 0.223. The third-order valence-corrected chi connectivity index (χ3v) is 3.70. The molecule has 0 radical (unpaired) electrons. The molecule has 1 aromatic carbocycles. The van der Waals surface area contributed by atoms with Gasteiger partial charge in [0.1, 0.15) is 17.6 Å². The van der Waals surface area contributed by atoms with E-state index in [2.05, 4.69) is 15.3 Å². The van der Waals surface area contributed by atoms with Gasteiger partial charge in [-0.1, -0.05) is 6.07 Å². The number of aromatic amines is 1. The number of H-pyrrole nitrogens is 1. The molecule has 0 unspecified atom stereocenters. The van der Waals surface area contributed by atoms with Crippen LogP contribution in [-0.4, -0.2) is 27.2 Å². The molecule has 0 saturated carbocycles. The van der Waals surface area contributed by atoms with Gasteiger partial charge in [-0.25, -0.2) is 4.98 Å². The molecule has 100 valence electrons. The van der Waals surface area contributed by atoms with E-state index in [0.717, 1.165) is 11.9 Å². The Morgan fingerprint density at radius 3 is 3.00 bits per heavy atom. The molecule has 6 heteroatoms. The van der Waals surface area contributed by atoms with Gasteiger partial charge < -0.3 is 15.8 Å². The molecule has 2 atom stereocenters. The van der Waals surface area contributed by atoms with Gasteiger partial charge >= 0.3 is 0 Å². The van der Waals surface area contributed by atoms with Crippen molar-refractivity contribution >= 4 is 16.9 Å². The minimum absolute atomic E-state index is 0.405. The number of imidazole rings is 1. The number of nitrogens with zero attached hydrogens (tertiary/aromatic N) is 1. The number of carbonyl (C=O) groups excluding carboxylic acids is 1. The second kappa shape index (κ2) is 4.04. The van der Waals surface area contributed by atoms with Gasteiger partial charge in [-0.05, 0) is 31.9 Å². The largest absolute Gasteiger partial charge is 0.379 e. The molecule has 6 nitrogen and oxygen atoms in total. The van der Waals surface area contributed by atoms with Gasteiger partial charge in [0.25, 0.3) is 5.91 Å². The first-order valence-corrected chi connectivity index (χ1v) is 6.24. The van der Waals surface area contributed by atoms with Crippen LogP contribution in [0.25, 0.3) is 11.0 Å². The summed E-state index contributed by atoms with van der Waals surface area (Å²) < 4.78 is 0. The van der Waals surface area contributed by atoms with Crippen molar-refractivity contribution in [1.29, 1.82) is 0 Å². The molecule has 3 rings (SSSR count). The summed E-state index contributed by atoms with van der Waals surface area (Å²) in [7, 11) is 0. The normalized spacial score (nSPS) is 26.9. The number of nitrogens with two attached hydrogens (primary N) is 1. The highest BCUT2D eigenvalue weighted by molar-refractivity contribution is 6.04. The summed E-state index contributed by atoms with van der Waals surface area (Å²) in [5, 5.41) is 12.7. The quantitative estimate of drug-likeness (QED) is 0.634. The number of rotatable bonds is 2. The van der Waals surface area contributed by atoms with Crippen molar-refractivity contribution in [3.63, 3.8) is 0 Å². The van der Waals surface area contributed by atoms with Crippen LogP contribution in [-0.2, 0) is 5.54 Å². The van der Waals surface area contributed by atoms with Crippen LogP contribution in [0.4, 0.5) is 0 Å². The van der Waals surface area contributed by atoms with Crippen LogP contribution in [0.3, 0.4) is 0 Å². The third-order valence-electron chi connectivity index (χ3n) is 3.70. The fourth-order valence-electron chi connectivity index (χ4n) is 2.62. The summed E-state index contributed by atoms with van der Waals surface area (Å²) in [5.41, 5.74) is 6.70. The Morgan fingerprint density at radius 2 is 2.37 bits per heavy atom. The van der Waals surface area contributed by atoms with Crippen molar-refractivity contribution in [1.82, 2.24) is 15.3 Å². The Labute approximate surface area is 110 Å². The van der Waals surface area contributed by atoms with Crippen molar-refractivity contribution < 1.29 is 9.90 Å². The topological polar surface area (TPSA) is 104 Å². The van der Waals surface area contributed by atoms with E-state index < -0.39 is 17.7 Å². The first-order chi connectivity index (χ1) is 8.99. The zero-order valence-corrected chi connectivity index (χ0v) is 10.6. The second-order valence-corrected chi connectivity index (χ2v) is 5.18. The van der Waals surface area contributed by atoms with Gasteiger partial charge in [-0.15, -0.1) is 0 Å². The van der Waals surface area contributed by atoms with Crippen molar-refractivity contribution in [2.24, 2.45) is 5.73 Å². The summed E-state index contributed by atoms with van der Waals surface area (Å²) in [4.78, 5) is 19.1. The molecule has 2 heterocycles. The SMILES string of the molecule is C[C@]1(c2nc3c(C(N)=O)cccc3[nH]2)CC[C@@H](O)N1. The maximum atomic E-state index is 11.4. The highest BCUT2D eigenvalue weighted by Gasteiger charge is 2.37. The number of para-hydroxylation sites is 1. The summed E-state index contributed by atoms with van der Waals surface area (Å²) in [6, 6.07) is 5.28. The molecule has 0 bridgehead atoms. The van der Waals surface area contributed by atoms with Crippen molar-refractivity contribution in [2.45, 2.75) is 31.5 Å². The smallest absolute Gasteiger partial charge is 0.250 e. The molecule has 0 aliphatic carbocycles. The van der Waals surface area contributed by atoms with Crippen molar-refractivity contribution in [2.75, 3.05) is 0 Å². The lowest BCUT2D eigenvalue weighted by atomic mass is 10.00. The van der Waals surface area contributed by atoms with E-state index in [1.54, 1.807) is 12.1 Å². The van der Waals surface area contributed by atoms with Gasteiger partial charge in [0.2, 0.25) is 0 Å². The van der Waals surface area contributed by atoms with Gasteiger partial charge in [-0.3, -0.25) is 10.1 Å². The molecule has 1 amide bonds. The molecule has 1 aromatic heterocycles. The van der Waals surface area contributed by atoms with Gasteiger partial charge in [-0.2, -0.15) is 0 Å². The Kier molecular flexibility index (Phi) is 2.58. The molecule has 19 heavy (non-hydrogen) atoms. The van der Waals surface area contributed by atoms with Crippen LogP contribution in [0.2, 0.25) is 0 Å². The number of carbonyl (C=O) groups is 1. The Hall–Kier alpha value is -1.92. The number of aromatic nitrogens is 2. The average Bonchev–Trinajstić information content (AvgIpc) is 2.93. The maximum Gasteiger partial charge on any atom is 0.250 e. The van der Waals surface area contributed by atoms with E-state index in [4.69, 9.17) is 5.73 Å². The number of nitrogens with one attached hydrogen (secondary N) is 2. The lowest BCUT2D eigenvalue weighted by Crippen LogP contribution is -2.38. The zero-order chi connectivity index (χ0) is 13.6. The Balaban J connectivity index is 2.12. The minimum atomic E-state index is -0.520. The molecule has 0 spiro atoms. The van der Waals surface area contributed by atoms with Crippen LogP contribution in [0, 0.1) is 0 Å². The standard InChI is InChI=1S/C13H16N4O2/c1-13(6-5-9(18)17-13)12-15-8-4-2-3-7(11(14)19)10(8)16-12/h2-4,9,17-18H,5-6H2,1H3,(H2,14,19)(H,15,16)/t9-,13-/m1/s1. The predicted octanol–water partition coefficient (Wildman–Crippen LogP) is 0.579. The van der Waals surface area contributed by atoms with Crippen LogP contribution < -0.4 is 11.1 Å². The van der Waals surface area contributed by atoms with E-state index in [-0.39, 0.29) is 0 Å². The van der Waals surface area contributed by atoms with Crippen LogP contribution in [0.1, 0.15) is 35.9 Å². The maximum absolute atomic E-state index is 11.4. The summed E-state index contributed by atoms with van der Waals surface area (Å²) >= 11 is 0. The second-order valence-electron chi connectivity index (χ2n) is 5.18. The molecule has 5 N–H and O–H groups in total. The molecular weight excluding hydrogens is 244 g/mol. The number of hydrogen-bond acceptors (Lipinski definition) is 4. The third kappa shape index (κ3) is 1.89. The molecule has 1 aliphatic heterocycles. The van der Waals surface area contributed by atoms with E-state index in [9.17, 15) is 9.90 Å². The van der Waals surface area contributed by atoms with Crippen LogP contribution in [0.5, 0.6) is 0 Å². The van der Waals surface area contributed by atoms with Crippen molar-refractivity contribution in [3.8, 4) is 0 Å². The zero-order valence-electron chi connectivity index (χ0n) is 10.6. The number of aliphatic hydroxyl groups excluding tert-OH is 1. The lowest BCUT2D eigenvalue weighted by Gasteiger charge is -2.21. The average molecular weight is 260 g/mol.